The zero-order valence-corrected chi connectivity index (χ0v) is 11.6. The molecule has 0 spiro atoms. The van der Waals surface area contributed by atoms with Crippen LogP contribution in [0.3, 0.4) is 0 Å². The Hall–Kier alpha value is -2.40. The lowest BCUT2D eigenvalue weighted by Crippen LogP contribution is -2.02. The van der Waals surface area contributed by atoms with E-state index in [4.69, 9.17) is 18.0 Å². The van der Waals surface area contributed by atoms with Crippen LogP contribution in [-0.2, 0) is 6.54 Å². The van der Waals surface area contributed by atoms with Crippen molar-refractivity contribution in [1.82, 2.24) is 14.8 Å². The summed E-state index contributed by atoms with van der Waals surface area (Å²) in [6, 6.07) is 17.8. The molecule has 3 N–H and O–H groups in total. The van der Waals surface area contributed by atoms with Crippen LogP contribution >= 0.6 is 12.2 Å². The number of hydrogen-bond donors (Lipinski definition) is 2. The molecule has 3 rings (SSSR count). The Morgan fingerprint density at radius 1 is 1.05 bits per heavy atom. The third kappa shape index (κ3) is 2.48. The lowest BCUT2D eigenvalue weighted by molar-refractivity contribution is 0.790. The third-order valence-corrected chi connectivity index (χ3v) is 3.42. The van der Waals surface area contributed by atoms with Gasteiger partial charge in [-0.2, -0.15) is 5.10 Å². The Balaban J connectivity index is 2.01. The Bertz CT molecular complexity index is 757. The molecule has 2 aromatic carbocycles. The molecule has 5 heteroatoms. The molecule has 0 aliphatic carbocycles. The van der Waals surface area contributed by atoms with Crippen LogP contribution in [0.1, 0.15) is 5.56 Å². The Labute approximate surface area is 121 Å². The highest BCUT2D eigenvalue weighted by Gasteiger charge is 2.09. The maximum absolute atomic E-state index is 5.72. The SMILES string of the molecule is Nc1ccc(-c2n[nH]c(=S)n2Cc2ccccc2)cc1. The van der Waals surface area contributed by atoms with E-state index in [1.165, 1.54) is 5.56 Å². The number of nitrogens with zero attached hydrogens (tertiary/aromatic N) is 2. The predicted molar refractivity (Wildman–Crippen MR) is 82.8 cm³/mol. The van der Waals surface area contributed by atoms with Crippen LogP contribution in [0, 0.1) is 4.77 Å². The van der Waals surface area contributed by atoms with Crippen LogP contribution < -0.4 is 5.73 Å². The van der Waals surface area contributed by atoms with Crippen molar-refractivity contribution in [1.29, 1.82) is 0 Å². The van der Waals surface area contributed by atoms with E-state index in [9.17, 15) is 0 Å². The minimum absolute atomic E-state index is 0.612. The van der Waals surface area contributed by atoms with E-state index in [2.05, 4.69) is 22.3 Å². The first-order chi connectivity index (χ1) is 9.74. The van der Waals surface area contributed by atoms with Crippen LogP contribution in [-0.4, -0.2) is 14.8 Å². The largest absolute Gasteiger partial charge is 0.399 e. The Morgan fingerprint density at radius 2 is 1.75 bits per heavy atom. The van der Waals surface area contributed by atoms with Gasteiger partial charge in [0.05, 0.1) is 6.54 Å². The van der Waals surface area contributed by atoms with Crippen molar-refractivity contribution in [2.75, 3.05) is 5.73 Å². The number of aromatic nitrogens is 3. The van der Waals surface area contributed by atoms with Gasteiger partial charge in [0.25, 0.3) is 0 Å². The summed E-state index contributed by atoms with van der Waals surface area (Å²) < 4.78 is 2.59. The summed E-state index contributed by atoms with van der Waals surface area (Å²) in [6.07, 6.45) is 0. The van der Waals surface area contributed by atoms with E-state index in [-0.39, 0.29) is 0 Å². The number of anilines is 1. The number of nitrogens with one attached hydrogen (secondary N) is 1. The molecule has 0 radical (unpaired) electrons. The highest BCUT2D eigenvalue weighted by Crippen LogP contribution is 2.19. The minimum atomic E-state index is 0.612. The Morgan fingerprint density at radius 3 is 2.45 bits per heavy atom. The molecule has 4 nitrogen and oxygen atoms in total. The van der Waals surface area contributed by atoms with Gasteiger partial charge < -0.3 is 5.73 Å². The van der Waals surface area contributed by atoms with E-state index >= 15 is 0 Å². The maximum atomic E-state index is 5.72. The quantitative estimate of drug-likeness (QED) is 0.572. The van der Waals surface area contributed by atoms with Gasteiger partial charge in [-0.25, -0.2) is 0 Å². The van der Waals surface area contributed by atoms with Gasteiger partial charge in [-0.15, -0.1) is 0 Å². The van der Waals surface area contributed by atoms with E-state index in [0.717, 1.165) is 17.1 Å². The maximum Gasteiger partial charge on any atom is 0.195 e. The smallest absolute Gasteiger partial charge is 0.195 e. The zero-order chi connectivity index (χ0) is 13.9. The molecule has 0 saturated carbocycles. The molecule has 1 heterocycles. The number of benzene rings is 2. The molecule has 1 aromatic heterocycles. The number of H-pyrrole nitrogens is 1. The molecule has 0 aliphatic heterocycles. The first-order valence-corrected chi connectivity index (χ1v) is 6.70. The van der Waals surface area contributed by atoms with E-state index < -0.39 is 0 Å². The van der Waals surface area contributed by atoms with Crippen LogP contribution in [0.25, 0.3) is 11.4 Å². The van der Waals surface area contributed by atoms with Gasteiger partial charge in [-0.05, 0) is 42.0 Å². The topological polar surface area (TPSA) is 59.6 Å². The lowest BCUT2D eigenvalue weighted by atomic mass is 10.2. The van der Waals surface area contributed by atoms with Gasteiger partial charge in [-0.3, -0.25) is 9.67 Å². The normalized spacial score (nSPS) is 10.6. The first kappa shape index (κ1) is 12.6. The van der Waals surface area contributed by atoms with Crippen LogP contribution in [0.4, 0.5) is 5.69 Å². The summed E-state index contributed by atoms with van der Waals surface area (Å²) in [5.74, 6) is 0.818. The van der Waals surface area contributed by atoms with Gasteiger partial charge in [-0.1, -0.05) is 30.3 Å². The van der Waals surface area contributed by atoms with Crippen molar-refractivity contribution in [2.45, 2.75) is 6.54 Å². The first-order valence-electron chi connectivity index (χ1n) is 6.29. The van der Waals surface area contributed by atoms with Crippen molar-refractivity contribution in [3.05, 3.63) is 64.9 Å². The average molecular weight is 282 g/mol. The lowest BCUT2D eigenvalue weighted by Gasteiger charge is -2.07. The number of rotatable bonds is 3. The molecule has 0 aliphatic rings. The van der Waals surface area contributed by atoms with Crippen LogP contribution in [0.2, 0.25) is 0 Å². The minimum Gasteiger partial charge on any atom is -0.399 e. The fourth-order valence-electron chi connectivity index (χ4n) is 2.08. The average Bonchev–Trinajstić information content (AvgIpc) is 2.83. The Kier molecular flexibility index (Phi) is 3.35. The van der Waals surface area contributed by atoms with Crippen molar-refractivity contribution in [3.8, 4) is 11.4 Å². The molecule has 3 aromatic rings. The third-order valence-electron chi connectivity index (χ3n) is 3.11. The van der Waals surface area contributed by atoms with E-state index in [0.29, 0.717) is 11.3 Å². The van der Waals surface area contributed by atoms with Crippen molar-refractivity contribution >= 4 is 17.9 Å². The van der Waals surface area contributed by atoms with Crippen LogP contribution in [0.5, 0.6) is 0 Å². The summed E-state index contributed by atoms with van der Waals surface area (Å²) in [6.45, 7) is 0.690. The van der Waals surface area contributed by atoms with Crippen molar-refractivity contribution in [3.63, 3.8) is 0 Å². The highest BCUT2D eigenvalue weighted by atomic mass is 32.1. The summed E-state index contributed by atoms with van der Waals surface area (Å²) in [5, 5.41) is 7.17. The highest BCUT2D eigenvalue weighted by molar-refractivity contribution is 7.71. The zero-order valence-electron chi connectivity index (χ0n) is 10.8. The molecule has 0 atom stereocenters. The van der Waals surface area contributed by atoms with Gasteiger partial charge in [0.1, 0.15) is 0 Å². The monoisotopic (exact) mass is 282 g/mol. The number of aromatic amines is 1. The molecule has 0 fully saturated rings. The van der Waals surface area contributed by atoms with Gasteiger partial charge in [0, 0.05) is 11.3 Å². The number of hydrogen-bond acceptors (Lipinski definition) is 3. The van der Waals surface area contributed by atoms with Gasteiger partial charge in [0.2, 0.25) is 0 Å². The molecule has 100 valence electrons. The van der Waals surface area contributed by atoms with E-state index in [1.807, 2.05) is 47.0 Å². The number of nitrogen functional groups attached to an aromatic ring is 1. The molecule has 0 bridgehead atoms. The summed E-state index contributed by atoms with van der Waals surface area (Å²) >= 11 is 5.32. The fraction of sp³-hybridized carbons (Fsp3) is 0.0667. The molecule has 0 saturated heterocycles. The second-order valence-corrected chi connectivity index (χ2v) is 4.93. The summed E-state index contributed by atoms with van der Waals surface area (Å²) in [7, 11) is 0. The number of nitrogens with two attached hydrogens (primary N) is 1. The van der Waals surface area contributed by atoms with Gasteiger partial charge in [0.15, 0.2) is 10.6 Å². The van der Waals surface area contributed by atoms with Crippen molar-refractivity contribution < 1.29 is 0 Å². The molecule has 0 amide bonds. The molecular formula is C15H14N4S. The second-order valence-electron chi connectivity index (χ2n) is 4.55. The molecule has 20 heavy (non-hydrogen) atoms. The van der Waals surface area contributed by atoms with Crippen molar-refractivity contribution in [2.24, 2.45) is 0 Å². The van der Waals surface area contributed by atoms with E-state index in [1.54, 1.807) is 0 Å². The summed E-state index contributed by atoms with van der Waals surface area (Å²) in [5.41, 5.74) is 8.62. The summed E-state index contributed by atoms with van der Waals surface area (Å²) in [4.78, 5) is 0. The standard InChI is InChI=1S/C15H14N4S/c16-13-8-6-12(7-9-13)14-17-18-15(20)19(14)10-11-4-2-1-3-5-11/h1-9H,10,16H2,(H,18,20). The molecular weight excluding hydrogens is 268 g/mol. The fourth-order valence-corrected chi connectivity index (χ4v) is 2.28. The van der Waals surface area contributed by atoms with Crippen LogP contribution in [0.15, 0.2) is 54.6 Å². The second kappa shape index (κ2) is 5.30. The van der Waals surface area contributed by atoms with Gasteiger partial charge >= 0.3 is 0 Å². The molecule has 0 unspecified atom stereocenters. The predicted octanol–water partition coefficient (Wildman–Crippen LogP) is 3.24.